The van der Waals surface area contributed by atoms with Crippen molar-refractivity contribution >= 4 is 27.4 Å². The Balaban J connectivity index is 1.10. The highest BCUT2D eigenvalue weighted by Gasteiger charge is 2.37. The smallest absolute Gasteiger partial charge is 0.417 e. The molecule has 3 saturated heterocycles. The van der Waals surface area contributed by atoms with Crippen LogP contribution in [0, 0.1) is 5.92 Å². The molecule has 1 atom stereocenters. The van der Waals surface area contributed by atoms with Gasteiger partial charge in [0.1, 0.15) is 0 Å². The van der Waals surface area contributed by atoms with Crippen LogP contribution in [0.15, 0.2) is 42.7 Å². The molecule has 0 radical (unpaired) electrons. The van der Waals surface area contributed by atoms with Gasteiger partial charge in [-0.05, 0) is 55.5 Å². The van der Waals surface area contributed by atoms with Crippen LogP contribution in [0.25, 0.3) is 0 Å². The standard InChI is InChI=1S/C27H34F3N5O4S/c28-27(29,30)22-13-25(15-31-14-22)33-9-11-34(12-10-33)40(38,39)19-20-16-32(17-20)18-24-3-1-2-8-35(24)23-6-4-21(5-7-23)26(36)37/h4-7,13-15,20,24H,1-3,8-12,16-19H2,(H,36,37). The van der Waals surface area contributed by atoms with E-state index in [0.29, 0.717) is 37.9 Å². The van der Waals surface area contributed by atoms with Crippen LogP contribution in [0.4, 0.5) is 24.5 Å². The molecule has 1 aromatic carbocycles. The van der Waals surface area contributed by atoms with Crippen LogP contribution in [0.2, 0.25) is 0 Å². The van der Waals surface area contributed by atoms with Crippen LogP contribution in [0.3, 0.4) is 0 Å². The van der Waals surface area contributed by atoms with Crippen molar-refractivity contribution in [1.82, 2.24) is 14.2 Å². The van der Waals surface area contributed by atoms with E-state index in [1.54, 1.807) is 17.0 Å². The molecule has 5 rings (SSSR count). The van der Waals surface area contributed by atoms with Gasteiger partial charge in [-0.3, -0.25) is 4.98 Å². The minimum absolute atomic E-state index is 0.0441. The van der Waals surface area contributed by atoms with Crippen molar-refractivity contribution in [2.75, 3.05) is 67.9 Å². The Morgan fingerprint density at radius 3 is 2.33 bits per heavy atom. The number of aromatic nitrogens is 1. The Labute approximate surface area is 232 Å². The van der Waals surface area contributed by atoms with Gasteiger partial charge in [-0.25, -0.2) is 13.2 Å². The molecule has 2 aromatic rings. The highest BCUT2D eigenvalue weighted by Crippen LogP contribution is 2.32. The Hall–Kier alpha value is -2.90. The average molecular weight is 582 g/mol. The molecule has 0 bridgehead atoms. The molecule has 13 heteroatoms. The van der Waals surface area contributed by atoms with Crippen LogP contribution in [0.1, 0.15) is 35.2 Å². The molecule has 0 amide bonds. The number of carbonyl (C=O) groups is 1. The number of alkyl halides is 3. The number of piperazine rings is 1. The van der Waals surface area contributed by atoms with Crippen molar-refractivity contribution in [2.24, 2.45) is 5.92 Å². The van der Waals surface area contributed by atoms with Crippen molar-refractivity contribution in [3.8, 4) is 0 Å². The summed E-state index contributed by atoms with van der Waals surface area (Å²) in [4.78, 5) is 21.3. The quantitative estimate of drug-likeness (QED) is 0.508. The summed E-state index contributed by atoms with van der Waals surface area (Å²) >= 11 is 0. The minimum atomic E-state index is -4.48. The lowest BCUT2D eigenvalue weighted by Crippen LogP contribution is -2.57. The largest absolute Gasteiger partial charge is 0.478 e. The zero-order chi connectivity index (χ0) is 28.5. The Kier molecular flexibility index (Phi) is 8.25. The van der Waals surface area contributed by atoms with E-state index in [4.69, 9.17) is 0 Å². The number of carboxylic acid groups (broad SMARTS) is 1. The summed E-state index contributed by atoms with van der Waals surface area (Å²) in [6.07, 6.45) is 0.926. The van der Waals surface area contributed by atoms with E-state index in [1.165, 1.54) is 10.5 Å². The summed E-state index contributed by atoms with van der Waals surface area (Å²) < 4.78 is 66.8. The average Bonchev–Trinajstić information content (AvgIpc) is 2.92. The maximum absolute atomic E-state index is 13.1. The number of piperidine rings is 1. The fourth-order valence-corrected chi connectivity index (χ4v) is 7.68. The lowest BCUT2D eigenvalue weighted by atomic mass is 9.96. The van der Waals surface area contributed by atoms with Gasteiger partial charge in [0.15, 0.2) is 0 Å². The fourth-order valence-electron chi connectivity index (χ4n) is 5.94. The van der Waals surface area contributed by atoms with Gasteiger partial charge in [0.25, 0.3) is 0 Å². The Morgan fingerprint density at radius 2 is 1.68 bits per heavy atom. The van der Waals surface area contributed by atoms with E-state index in [9.17, 15) is 31.5 Å². The van der Waals surface area contributed by atoms with Crippen LogP contribution in [0.5, 0.6) is 0 Å². The highest BCUT2D eigenvalue weighted by atomic mass is 32.2. The van der Waals surface area contributed by atoms with E-state index in [0.717, 1.165) is 50.3 Å². The van der Waals surface area contributed by atoms with Crippen molar-refractivity contribution in [2.45, 2.75) is 31.5 Å². The molecule has 1 N–H and O–H groups in total. The summed E-state index contributed by atoms with van der Waals surface area (Å²) in [5, 5.41) is 9.17. The Bertz CT molecular complexity index is 1290. The normalized spacial score (nSPS) is 21.8. The van der Waals surface area contributed by atoms with Gasteiger partial charge in [0, 0.05) is 70.3 Å². The predicted octanol–water partition coefficient (Wildman–Crippen LogP) is 3.24. The second-order valence-electron chi connectivity index (χ2n) is 10.9. The molecule has 3 fully saturated rings. The van der Waals surface area contributed by atoms with Gasteiger partial charge >= 0.3 is 12.1 Å². The number of pyridine rings is 1. The second kappa shape index (κ2) is 11.5. The summed E-state index contributed by atoms with van der Waals surface area (Å²) in [6, 6.07) is 8.32. The summed E-state index contributed by atoms with van der Waals surface area (Å²) in [6.45, 7) is 4.23. The van der Waals surface area contributed by atoms with E-state index < -0.39 is 27.7 Å². The second-order valence-corrected chi connectivity index (χ2v) is 12.9. The molecule has 1 unspecified atom stereocenters. The number of sulfonamides is 1. The van der Waals surface area contributed by atoms with E-state index >= 15 is 0 Å². The summed E-state index contributed by atoms with van der Waals surface area (Å²) in [5.74, 6) is -0.833. The molecule has 4 heterocycles. The van der Waals surface area contributed by atoms with Crippen molar-refractivity contribution in [1.29, 1.82) is 0 Å². The van der Waals surface area contributed by atoms with Gasteiger partial charge in [-0.2, -0.15) is 17.5 Å². The van der Waals surface area contributed by atoms with E-state index in [-0.39, 0.29) is 30.3 Å². The van der Waals surface area contributed by atoms with Crippen molar-refractivity contribution < 1.29 is 31.5 Å². The minimum Gasteiger partial charge on any atom is -0.478 e. The topological polar surface area (TPSA) is 97.3 Å². The van der Waals surface area contributed by atoms with Crippen LogP contribution in [-0.4, -0.2) is 97.8 Å². The third kappa shape index (κ3) is 6.52. The van der Waals surface area contributed by atoms with Crippen LogP contribution < -0.4 is 9.80 Å². The van der Waals surface area contributed by atoms with Crippen molar-refractivity contribution in [3.63, 3.8) is 0 Å². The molecule has 1 aromatic heterocycles. The Morgan fingerprint density at radius 1 is 0.975 bits per heavy atom. The molecule has 9 nitrogen and oxygen atoms in total. The first-order chi connectivity index (χ1) is 19.0. The number of nitrogens with zero attached hydrogens (tertiary/aromatic N) is 5. The molecule has 40 heavy (non-hydrogen) atoms. The van der Waals surface area contributed by atoms with E-state index in [2.05, 4.69) is 14.8 Å². The molecule has 3 aliphatic heterocycles. The number of likely N-dealkylation sites (tertiary alicyclic amines) is 1. The van der Waals surface area contributed by atoms with Gasteiger partial charge in [-0.1, -0.05) is 0 Å². The monoisotopic (exact) mass is 581 g/mol. The lowest BCUT2D eigenvalue weighted by molar-refractivity contribution is -0.137. The van der Waals surface area contributed by atoms with Crippen LogP contribution >= 0.6 is 0 Å². The van der Waals surface area contributed by atoms with Crippen molar-refractivity contribution in [3.05, 3.63) is 53.9 Å². The highest BCUT2D eigenvalue weighted by molar-refractivity contribution is 7.89. The molecular formula is C27H34F3N5O4S. The molecule has 0 aliphatic carbocycles. The van der Waals surface area contributed by atoms with Gasteiger partial charge in [0.2, 0.25) is 10.0 Å². The van der Waals surface area contributed by atoms with Gasteiger partial charge in [0.05, 0.1) is 28.8 Å². The number of halogens is 3. The number of rotatable bonds is 8. The maximum Gasteiger partial charge on any atom is 0.417 e. The van der Waals surface area contributed by atoms with E-state index in [1.807, 2.05) is 12.1 Å². The molecule has 0 saturated carbocycles. The first kappa shape index (κ1) is 28.6. The summed E-state index contributed by atoms with van der Waals surface area (Å²) in [7, 11) is -3.48. The molecule has 218 valence electrons. The first-order valence-electron chi connectivity index (χ1n) is 13.6. The number of aromatic carboxylic acids is 1. The molecule has 0 spiro atoms. The van der Waals surface area contributed by atoms with Gasteiger partial charge < -0.3 is 19.8 Å². The number of carboxylic acids is 1. The third-order valence-electron chi connectivity index (χ3n) is 8.07. The summed E-state index contributed by atoms with van der Waals surface area (Å²) in [5.41, 5.74) is 0.797. The number of anilines is 2. The fraction of sp³-hybridized carbons (Fsp3) is 0.556. The number of hydrogen-bond acceptors (Lipinski definition) is 7. The van der Waals surface area contributed by atoms with Crippen LogP contribution in [-0.2, 0) is 16.2 Å². The molecular weight excluding hydrogens is 547 g/mol. The molecule has 3 aliphatic rings. The SMILES string of the molecule is O=C(O)c1ccc(N2CCCCC2CN2CC(CS(=O)(=O)N3CCN(c4cncc(C(F)(F)F)c4)CC3)C2)cc1. The zero-order valence-corrected chi connectivity index (χ0v) is 22.9. The number of benzene rings is 1. The first-order valence-corrected chi connectivity index (χ1v) is 15.2. The maximum atomic E-state index is 13.1. The number of hydrogen-bond donors (Lipinski definition) is 1. The van der Waals surface area contributed by atoms with Gasteiger partial charge in [-0.15, -0.1) is 0 Å². The zero-order valence-electron chi connectivity index (χ0n) is 22.1. The third-order valence-corrected chi connectivity index (χ3v) is 10.1. The predicted molar refractivity (Wildman–Crippen MR) is 145 cm³/mol. The lowest BCUT2D eigenvalue weighted by Gasteiger charge is -2.46.